The lowest BCUT2D eigenvalue weighted by molar-refractivity contribution is -0.120. The lowest BCUT2D eigenvalue weighted by Gasteiger charge is -2.22. The summed E-state index contributed by atoms with van der Waals surface area (Å²) in [7, 11) is 1.64. The number of aromatic amines is 1. The molecule has 0 spiro atoms. The van der Waals surface area contributed by atoms with Gasteiger partial charge in [-0.2, -0.15) is 4.98 Å². The first-order valence-electron chi connectivity index (χ1n) is 9.79. The van der Waals surface area contributed by atoms with Crippen LogP contribution in [0.15, 0.2) is 48.5 Å². The fraction of sp³-hybridized carbons (Fsp3) is 0.273. The topological polar surface area (TPSA) is 100 Å². The normalized spacial score (nSPS) is 13.8. The van der Waals surface area contributed by atoms with Crippen LogP contribution < -0.4 is 10.1 Å². The molecule has 8 heteroatoms. The molecular formula is C22H23N5O3. The molecule has 1 atom stereocenters. The second kappa shape index (κ2) is 8.36. The Morgan fingerprint density at radius 3 is 2.70 bits per heavy atom. The fourth-order valence-electron chi connectivity index (χ4n) is 3.46. The number of nitrogens with zero attached hydrogens (tertiary/aromatic N) is 3. The van der Waals surface area contributed by atoms with E-state index < -0.39 is 6.04 Å². The van der Waals surface area contributed by atoms with E-state index in [2.05, 4.69) is 20.5 Å². The summed E-state index contributed by atoms with van der Waals surface area (Å²) in [6, 6.07) is 14.6. The van der Waals surface area contributed by atoms with Crippen molar-refractivity contribution in [3.05, 3.63) is 71.0 Å². The molecule has 3 aromatic rings. The van der Waals surface area contributed by atoms with Crippen molar-refractivity contribution in [3.8, 4) is 5.75 Å². The summed E-state index contributed by atoms with van der Waals surface area (Å²) in [4.78, 5) is 31.1. The van der Waals surface area contributed by atoms with Crippen LogP contribution in [-0.4, -0.2) is 45.0 Å². The highest BCUT2D eigenvalue weighted by molar-refractivity contribution is 6.03. The first kappa shape index (κ1) is 19.6. The summed E-state index contributed by atoms with van der Waals surface area (Å²) in [6.45, 7) is 2.13. The van der Waals surface area contributed by atoms with Crippen LogP contribution in [0.5, 0.6) is 5.75 Å². The minimum atomic E-state index is -0.633. The summed E-state index contributed by atoms with van der Waals surface area (Å²) in [6.07, 6.45) is 1.44. The van der Waals surface area contributed by atoms with E-state index in [9.17, 15) is 9.59 Å². The molecule has 0 radical (unpaired) electrons. The van der Waals surface area contributed by atoms with Crippen LogP contribution in [0.4, 0.5) is 5.95 Å². The van der Waals surface area contributed by atoms with Crippen molar-refractivity contribution in [2.75, 3.05) is 12.4 Å². The number of aromatic nitrogens is 3. The summed E-state index contributed by atoms with van der Waals surface area (Å²) >= 11 is 0. The number of benzene rings is 2. The molecule has 2 amide bonds. The van der Waals surface area contributed by atoms with Gasteiger partial charge in [0, 0.05) is 18.5 Å². The van der Waals surface area contributed by atoms with Gasteiger partial charge in [0.15, 0.2) is 0 Å². The Balaban J connectivity index is 1.33. The zero-order valence-electron chi connectivity index (χ0n) is 16.9. The third-order valence-electron chi connectivity index (χ3n) is 5.27. The molecule has 0 aliphatic carbocycles. The number of anilines is 1. The van der Waals surface area contributed by atoms with Crippen molar-refractivity contribution in [2.45, 2.75) is 32.4 Å². The second-order valence-electron chi connectivity index (χ2n) is 7.21. The number of ether oxygens (including phenoxy) is 1. The van der Waals surface area contributed by atoms with Gasteiger partial charge in [0.05, 0.1) is 7.11 Å². The number of carbonyl (C=O) groups is 2. The molecule has 0 bridgehead atoms. The molecule has 8 nitrogen and oxygen atoms in total. The molecule has 1 aromatic heterocycles. The van der Waals surface area contributed by atoms with Crippen LogP contribution in [0.1, 0.15) is 34.2 Å². The highest BCUT2D eigenvalue weighted by atomic mass is 16.5. The van der Waals surface area contributed by atoms with Gasteiger partial charge in [-0.25, -0.2) is 0 Å². The standard InChI is InChI=1S/C22H23N5O3/c1-14(27-13-16-5-3-4-6-18(16)21(27)29)20(28)24-22-23-19(25-26-22)12-9-15-7-10-17(30-2)11-8-15/h3-8,10-11,14H,9,12-13H2,1-2H3,(H2,23,24,25,26,28). The monoisotopic (exact) mass is 405 g/mol. The van der Waals surface area contributed by atoms with E-state index in [1.807, 2.05) is 42.5 Å². The minimum Gasteiger partial charge on any atom is -0.497 e. The van der Waals surface area contributed by atoms with Gasteiger partial charge in [0.1, 0.15) is 17.6 Å². The molecule has 30 heavy (non-hydrogen) atoms. The quantitative estimate of drug-likeness (QED) is 0.629. The van der Waals surface area contributed by atoms with Crippen LogP contribution in [-0.2, 0) is 24.2 Å². The summed E-state index contributed by atoms with van der Waals surface area (Å²) < 4.78 is 5.16. The first-order valence-corrected chi connectivity index (χ1v) is 9.79. The summed E-state index contributed by atoms with van der Waals surface area (Å²) in [5.74, 6) is 1.25. The largest absolute Gasteiger partial charge is 0.497 e. The van der Waals surface area contributed by atoms with Crippen molar-refractivity contribution < 1.29 is 14.3 Å². The zero-order chi connectivity index (χ0) is 21.1. The van der Waals surface area contributed by atoms with Crippen molar-refractivity contribution in [1.82, 2.24) is 20.1 Å². The molecular weight excluding hydrogens is 382 g/mol. The fourth-order valence-corrected chi connectivity index (χ4v) is 3.46. The number of methoxy groups -OCH3 is 1. The second-order valence-corrected chi connectivity index (χ2v) is 7.21. The van der Waals surface area contributed by atoms with E-state index in [0.717, 1.165) is 23.3 Å². The van der Waals surface area contributed by atoms with E-state index in [-0.39, 0.29) is 17.8 Å². The van der Waals surface area contributed by atoms with Gasteiger partial charge < -0.3 is 9.64 Å². The van der Waals surface area contributed by atoms with Crippen LogP contribution in [0.3, 0.4) is 0 Å². The average Bonchev–Trinajstić information content (AvgIpc) is 3.36. The van der Waals surface area contributed by atoms with Crippen LogP contribution in [0.2, 0.25) is 0 Å². The molecule has 0 saturated heterocycles. The highest BCUT2D eigenvalue weighted by Crippen LogP contribution is 2.24. The number of hydrogen-bond acceptors (Lipinski definition) is 5. The molecule has 1 unspecified atom stereocenters. The molecule has 4 rings (SSSR count). The molecule has 154 valence electrons. The number of nitrogens with one attached hydrogen (secondary N) is 2. The van der Waals surface area contributed by atoms with E-state index in [1.54, 1.807) is 25.0 Å². The minimum absolute atomic E-state index is 0.136. The molecule has 0 saturated carbocycles. The maximum Gasteiger partial charge on any atom is 0.255 e. The zero-order valence-corrected chi connectivity index (χ0v) is 16.9. The van der Waals surface area contributed by atoms with Gasteiger partial charge >= 0.3 is 0 Å². The van der Waals surface area contributed by atoms with Gasteiger partial charge in [-0.05, 0) is 42.7 Å². The Morgan fingerprint density at radius 1 is 1.20 bits per heavy atom. The Labute approximate surface area is 174 Å². The number of H-pyrrole nitrogens is 1. The van der Waals surface area contributed by atoms with E-state index in [4.69, 9.17) is 4.74 Å². The average molecular weight is 405 g/mol. The molecule has 1 aliphatic heterocycles. The third-order valence-corrected chi connectivity index (χ3v) is 5.27. The van der Waals surface area contributed by atoms with Crippen molar-refractivity contribution in [2.24, 2.45) is 0 Å². The van der Waals surface area contributed by atoms with Gasteiger partial charge in [-0.3, -0.25) is 20.0 Å². The molecule has 1 aliphatic rings. The van der Waals surface area contributed by atoms with E-state index in [1.165, 1.54) is 0 Å². The van der Waals surface area contributed by atoms with Gasteiger partial charge in [-0.15, -0.1) is 5.10 Å². The van der Waals surface area contributed by atoms with Gasteiger partial charge in [0.25, 0.3) is 5.91 Å². The van der Waals surface area contributed by atoms with Gasteiger partial charge in [-0.1, -0.05) is 30.3 Å². The predicted molar refractivity (Wildman–Crippen MR) is 111 cm³/mol. The first-order chi connectivity index (χ1) is 14.5. The maximum absolute atomic E-state index is 12.6. The van der Waals surface area contributed by atoms with Crippen molar-refractivity contribution in [1.29, 1.82) is 0 Å². The predicted octanol–water partition coefficient (Wildman–Crippen LogP) is 2.58. The smallest absolute Gasteiger partial charge is 0.255 e. The Bertz CT molecular complexity index is 1060. The lowest BCUT2D eigenvalue weighted by Crippen LogP contribution is -2.42. The lowest BCUT2D eigenvalue weighted by atomic mass is 10.1. The third kappa shape index (κ3) is 4.03. The summed E-state index contributed by atoms with van der Waals surface area (Å²) in [5, 5.41) is 9.62. The van der Waals surface area contributed by atoms with Crippen LogP contribution in [0, 0.1) is 0 Å². The van der Waals surface area contributed by atoms with E-state index in [0.29, 0.717) is 24.4 Å². The summed E-state index contributed by atoms with van der Waals surface area (Å²) in [5.41, 5.74) is 2.73. The number of fused-ring (bicyclic) bond motifs is 1. The van der Waals surface area contributed by atoms with Gasteiger partial charge in [0.2, 0.25) is 11.9 Å². The molecule has 2 aromatic carbocycles. The molecule has 0 fully saturated rings. The Kier molecular flexibility index (Phi) is 5.47. The SMILES string of the molecule is COc1ccc(CCc2nc(NC(=O)C(C)N3Cc4ccccc4C3=O)n[nH]2)cc1. The number of carbonyl (C=O) groups excluding carboxylic acids is 2. The highest BCUT2D eigenvalue weighted by Gasteiger charge is 2.33. The Hall–Kier alpha value is -3.68. The molecule has 2 N–H and O–H groups in total. The van der Waals surface area contributed by atoms with E-state index >= 15 is 0 Å². The number of amides is 2. The maximum atomic E-state index is 12.6. The van der Waals surface area contributed by atoms with Crippen LogP contribution in [0.25, 0.3) is 0 Å². The van der Waals surface area contributed by atoms with Crippen molar-refractivity contribution >= 4 is 17.8 Å². The van der Waals surface area contributed by atoms with Crippen LogP contribution >= 0.6 is 0 Å². The number of rotatable bonds is 7. The van der Waals surface area contributed by atoms with Crippen molar-refractivity contribution in [3.63, 3.8) is 0 Å². The Morgan fingerprint density at radius 2 is 1.97 bits per heavy atom. The number of aryl methyl sites for hydroxylation is 2. The molecule has 2 heterocycles. The number of hydrogen-bond donors (Lipinski definition) is 2.